The molecule has 0 heterocycles. The van der Waals surface area contributed by atoms with Crippen molar-refractivity contribution in [2.75, 3.05) is 12.4 Å². The predicted octanol–water partition coefficient (Wildman–Crippen LogP) is 4.41. The summed E-state index contributed by atoms with van der Waals surface area (Å²) < 4.78 is 5.14. The number of methoxy groups -OCH3 is 1. The van der Waals surface area contributed by atoms with Crippen LogP contribution in [0.2, 0.25) is 0 Å². The molecule has 1 N–H and O–H groups in total. The standard InChI is InChI=1S/C20H16N2O4/c1-26-19-11-10-16(22(24)25)13-18(19)21-20(23)12-9-15-7-4-6-14-5-2-3-8-17(14)15/h2-13H,1H3,(H,21,23). The quantitative estimate of drug-likeness (QED) is 0.421. The van der Waals surface area contributed by atoms with Crippen LogP contribution in [0.25, 0.3) is 16.8 Å². The number of ether oxygens (including phenoxy) is 1. The third kappa shape index (κ3) is 3.70. The van der Waals surface area contributed by atoms with Gasteiger partial charge >= 0.3 is 0 Å². The van der Waals surface area contributed by atoms with Gasteiger partial charge in [-0.2, -0.15) is 0 Å². The van der Waals surface area contributed by atoms with Crippen molar-refractivity contribution in [2.45, 2.75) is 0 Å². The molecule has 0 aromatic heterocycles. The zero-order valence-corrected chi connectivity index (χ0v) is 14.0. The number of fused-ring (bicyclic) bond motifs is 1. The summed E-state index contributed by atoms with van der Waals surface area (Å²) in [5, 5.41) is 15.6. The molecule has 0 aliphatic carbocycles. The second kappa shape index (κ2) is 7.48. The molecule has 0 saturated carbocycles. The third-order valence-corrected chi connectivity index (χ3v) is 3.89. The third-order valence-electron chi connectivity index (χ3n) is 3.89. The molecule has 3 rings (SSSR count). The molecule has 0 unspecified atom stereocenters. The SMILES string of the molecule is COc1ccc([N+](=O)[O-])cc1NC(=O)C=Cc1cccc2ccccc12. The summed E-state index contributed by atoms with van der Waals surface area (Å²) in [5.41, 5.74) is 1.03. The number of nitrogens with zero attached hydrogens (tertiary/aromatic N) is 1. The summed E-state index contributed by atoms with van der Waals surface area (Å²) in [6.45, 7) is 0. The van der Waals surface area contributed by atoms with Gasteiger partial charge in [-0.3, -0.25) is 14.9 Å². The molecule has 0 atom stereocenters. The van der Waals surface area contributed by atoms with Crippen LogP contribution in [-0.2, 0) is 4.79 Å². The van der Waals surface area contributed by atoms with E-state index in [1.807, 2.05) is 42.5 Å². The van der Waals surface area contributed by atoms with Gasteiger partial charge in [-0.05, 0) is 28.5 Å². The molecule has 6 nitrogen and oxygen atoms in total. The van der Waals surface area contributed by atoms with Gasteiger partial charge in [-0.15, -0.1) is 0 Å². The molecule has 0 aliphatic heterocycles. The number of non-ortho nitro benzene ring substituents is 1. The number of rotatable bonds is 5. The van der Waals surface area contributed by atoms with Crippen molar-refractivity contribution >= 4 is 34.1 Å². The van der Waals surface area contributed by atoms with E-state index in [0.29, 0.717) is 5.75 Å². The number of hydrogen-bond acceptors (Lipinski definition) is 4. The van der Waals surface area contributed by atoms with Crippen molar-refractivity contribution in [3.05, 3.63) is 82.4 Å². The lowest BCUT2D eigenvalue weighted by Crippen LogP contribution is -2.09. The van der Waals surface area contributed by atoms with Crippen LogP contribution < -0.4 is 10.1 Å². The van der Waals surface area contributed by atoms with Gasteiger partial charge in [0.25, 0.3) is 5.69 Å². The molecular formula is C20H16N2O4. The molecule has 26 heavy (non-hydrogen) atoms. The molecule has 0 spiro atoms. The van der Waals surface area contributed by atoms with Gasteiger partial charge in [-0.1, -0.05) is 42.5 Å². The molecule has 1 amide bonds. The Hall–Kier alpha value is -3.67. The number of hydrogen-bond donors (Lipinski definition) is 1. The normalized spacial score (nSPS) is 10.8. The Labute approximate surface area is 149 Å². The maximum Gasteiger partial charge on any atom is 0.271 e. The number of carbonyl (C=O) groups is 1. The van der Waals surface area contributed by atoms with Crippen LogP contribution in [-0.4, -0.2) is 17.9 Å². The van der Waals surface area contributed by atoms with Crippen molar-refractivity contribution in [1.82, 2.24) is 0 Å². The number of nitro groups is 1. The second-order valence-electron chi connectivity index (χ2n) is 5.53. The van der Waals surface area contributed by atoms with E-state index in [1.165, 1.54) is 31.4 Å². The van der Waals surface area contributed by atoms with E-state index < -0.39 is 10.8 Å². The lowest BCUT2D eigenvalue weighted by molar-refractivity contribution is -0.384. The maximum absolute atomic E-state index is 12.2. The van der Waals surface area contributed by atoms with Crippen molar-refractivity contribution < 1.29 is 14.5 Å². The van der Waals surface area contributed by atoms with Crippen LogP contribution >= 0.6 is 0 Å². The van der Waals surface area contributed by atoms with E-state index in [2.05, 4.69) is 5.32 Å². The summed E-state index contributed by atoms with van der Waals surface area (Å²) in [5.74, 6) is -0.0563. The molecule has 0 saturated heterocycles. The first kappa shape index (κ1) is 17.2. The summed E-state index contributed by atoms with van der Waals surface area (Å²) in [7, 11) is 1.43. The molecule has 6 heteroatoms. The van der Waals surface area contributed by atoms with Crippen LogP contribution in [0, 0.1) is 10.1 Å². The minimum Gasteiger partial charge on any atom is -0.495 e. The lowest BCUT2D eigenvalue weighted by Gasteiger charge is -2.08. The zero-order chi connectivity index (χ0) is 18.5. The molecular weight excluding hydrogens is 332 g/mol. The predicted molar refractivity (Wildman–Crippen MR) is 101 cm³/mol. The second-order valence-corrected chi connectivity index (χ2v) is 5.53. The topological polar surface area (TPSA) is 81.5 Å². The Morgan fingerprint density at radius 1 is 1.12 bits per heavy atom. The molecule has 3 aromatic rings. The summed E-state index contributed by atoms with van der Waals surface area (Å²) >= 11 is 0. The number of anilines is 1. The fraction of sp³-hybridized carbons (Fsp3) is 0.0500. The van der Waals surface area contributed by atoms with E-state index in [9.17, 15) is 14.9 Å². The van der Waals surface area contributed by atoms with Crippen LogP contribution in [0.15, 0.2) is 66.7 Å². The summed E-state index contributed by atoms with van der Waals surface area (Å²) in [6, 6.07) is 17.7. The Morgan fingerprint density at radius 2 is 1.88 bits per heavy atom. The van der Waals surface area contributed by atoms with Crippen LogP contribution in [0.1, 0.15) is 5.56 Å². The largest absolute Gasteiger partial charge is 0.495 e. The molecule has 0 bridgehead atoms. The lowest BCUT2D eigenvalue weighted by atomic mass is 10.0. The molecule has 130 valence electrons. The van der Waals surface area contributed by atoms with Crippen LogP contribution in [0.3, 0.4) is 0 Å². The van der Waals surface area contributed by atoms with Crippen molar-refractivity contribution in [1.29, 1.82) is 0 Å². The first-order valence-corrected chi connectivity index (χ1v) is 7.88. The summed E-state index contributed by atoms with van der Waals surface area (Å²) in [4.78, 5) is 22.6. The summed E-state index contributed by atoms with van der Waals surface area (Å²) in [6.07, 6.45) is 3.10. The minimum atomic E-state index is -0.527. The first-order chi connectivity index (χ1) is 12.6. The molecule has 3 aromatic carbocycles. The monoisotopic (exact) mass is 348 g/mol. The fourth-order valence-corrected chi connectivity index (χ4v) is 2.64. The average Bonchev–Trinajstić information content (AvgIpc) is 2.66. The highest BCUT2D eigenvalue weighted by Crippen LogP contribution is 2.29. The van der Waals surface area contributed by atoms with Gasteiger partial charge < -0.3 is 10.1 Å². The van der Waals surface area contributed by atoms with E-state index in [1.54, 1.807) is 6.08 Å². The van der Waals surface area contributed by atoms with Crippen molar-refractivity contribution in [3.63, 3.8) is 0 Å². The first-order valence-electron chi connectivity index (χ1n) is 7.88. The van der Waals surface area contributed by atoms with Gasteiger partial charge in [0.05, 0.1) is 17.7 Å². The number of nitrogens with one attached hydrogen (secondary N) is 1. The van der Waals surface area contributed by atoms with E-state index in [4.69, 9.17) is 4.74 Å². The van der Waals surface area contributed by atoms with Gasteiger partial charge in [0, 0.05) is 18.2 Å². The van der Waals surface area contributed by atoms with Crippen LogP contribution in [0.4, 0.5) is 11.4 Å². The van der Waals surface area contributed by atoms with Gasteiger partial charge in [0.15, 0.2) is 0 Å². The van der Waals surface area contributed by atoms with Crippen molar-refractivity contribution in [2.24, 2.45) is 0 Å². The van der Waals surface area contributed by atoms with E-state index >= 15 is 0 Å². The average molecular weight is 348 g/mol. The Bertz CT molecular complexity index is 1010. The Balaban J connectivity index is 1.83. The highest BCUT2D eigenvalue weighted by Gasteiger charge is 2.12. The zero-order valence-electron chi connectivity index (χ0n) is 14.0. The maximum atomic E-state index is 12.2. The van der Waals surface area contributed by atoms with E-state index in [-0.39, 0.29) is 11.4 Å². The number of amides is 1. The molecule has 0 radical (unpaired) electrons. The van der Waals surface area contributed by atoms with E-state index in [0.717, 1.165) is 16.3 Å². The molecule has 0 fully saturated rings. The highest BCUT2D eigenvalue weighted by molar-refractivity contribution is 6.04. The Kier molecular flexibility index (Phi) is 4.94. The van der Waals surface area contributed by atoms with Gasteiger partial charge in [-0.25, -0.2) is 0 Å². The van der Waals surface area contributed by atoms with Crippen LogP contribution in [0.5, 0.6) is 5.75 Å². The minimum absolute atomic E-state index is 0.126. The highest BCUT2D eigenvalue weighted by atomic mass is 16.6. The smallest absolute Gasteiger partial charge is 0.271 e. The number of nitro benzene ring substituents is 1. The van der Waals surface area contributed by atoms with Crippen molar-refractivity contribution in [3.8, 4) is 5.75 Å². The number of benzene rings is 3. The number of carbonyl (C=O) groups excluding carboxylic acids is 1. The Morgan fingerprint density at radius 3 is 2.65 bits per heavy atom. The van der Waals surface area contributed by atoms with Gasteiger partial charge in [0.1, 0.15) is 5.75 Å². The fourth-order valence-electron chi connectivity index (χ4n) is 2.64. The molecule has 0 aliphatic rings. The van der Waals surface area contributed by atoms with Gasteiger partial charge in [0.2, 0.25) is 5.91 Å².